The minimum atomic E-state index is -0.459. The fourth-order valence-electron chi connectivity index (χ4n) is 4.58. The van der Waals surface area contributed by atoms with Crippen LogP contribution in [0.1, 0.15) is 53.4 Å². The number of hydrogen-bond donors (Lipinski definition) is 3. The Morgan fingerprint density at radius 3 is 2.61 bits per heavy atom. The van der Waals surface area contributed by atoms with Crippen LogP contribution in [0.4, 0.5) is 10.5 Å². The van der Waals surface area contributed by atoms with Crippen molar-refractivity contribution < 1.29 is 19.2 Å². The monoisotopic (exact) mass is 485 g/mol. The van der Waals surface area contributed by atoms with Gasteiger partial charge in [-0.1, -0.05) is 48.3 Å². The number of carbonyl (C=O) groups is 2. The van der Waals surface area contributed by atoms with Crippen LogP contribution in [0.2, 0.25) is 0 Å². The highest BCUT2D eigenvalue weighted by molar-refractivity contribution is 6.02. The lowest BCUT2D eigenvalue weighted by Crippen LogP contribution is -2.32. The van der Waals surface area contributed by atoms with E-state index in [1.165, 1.54) is 23.0 Å². The molecule has 9 heteroatoms. The normalized spacial score (nSPS) is 13.6. The molecule has 9 nitrogen and oxygen atoms in total. The average molecular weight is 486 g/mol. The lowest BCUT2D eigenvalue weighted by atomic mass is 10.0. The number of nitrogens with one attached hydrogen (secondary N) is 2. The topological polar surface area (TPSA) is 122 Å². The first-order valence-electron chi connectivity index (χ1n) is 12.1. The molecule has 184 valence electrons. The van der Waals surface area contributed by atoms with Crippen LogP contribution >= 0.6 is 0 Å². The van der Waals surface area contributed by atoms with Gasteiger partial charge in [0, 0.05) is 29.8 Å². The number of anilines is 1. The molecule has 1 aliphatic carbocycles. The highest BCUT2D eigenvalue weighted by atomic mass is 16.5. The molecule has 0 spiro atoms. The standard InChI is InChI=1S/C27H27N5O4/c33-24-11-10-20(30-26(34)25-13-15-29-36-25)16-21(24)22-17-23(19-8-4-5-9-19)32(31-22)27(35)28-14-12-18-6-2-1-3-7-18/h1-3,6-7,10-11,13,15-17,19,33H,4-5,8-9,12,14H2,(H,28,35)(H,30,34). The minimum Gasteiger partial charge on any atom is -0.507 e. The van der Waals surface area contributed by atoms with Crippen molar-refractivity contribution >= 4 is 17.6 Å². The molecule has 0 unspecified atom stereocenters. The number of phenolic OH excluding ortho intramolecular Hbond substituents is 1. The van der Waals surface area contributed by atoms with Crippen LogP contribution in [0, 0.1) is 0 Å². The number of aromatic nitrogens is 3. The van der Waals surface area contributed by atoms with Gasteiger partial charge >= 0.3 is 6.03 Å². The number of amides is 2. The Kier molecular flexibility index (Phi) is 6.79. The SMILES string of the molecule is O=C(Nc1ccc(O)c(-c2cc(C3CCCC3)n(C(=O)NCCc3ccccc3)n2)c1)c1ccno1. The van der Waals surface area contributed by atoms with Crippen molar-refractivity contribution in [2.75, 3.05) is 11.9 Å². The van der Waals surface area contributed by atoms with Gasteiger partial charge in [-0.2, -0.15) is 9.78 Å². The predicted octanol–water partition coefficient (Wildman–Crippen LogP) is 4.95. The predicted molar refractivity (Wildman–Crippen MR) is 134 cm³/mol. The van der Waals surface area contributed by atoms with Crippen LogP contribution in [0.15, 0.2) is 71.4 Å². The molecular formula is C27H27N5O4. The zero-order valence-electron chi connectivity index (χ0n) is 19.7. The molecule has 36 heavy (non-hydrogen) atoms. The number of nitrogens with zero attached hydrogens (tertiary/aromatic N) is 3. The highest BCUT2D eigenvalue weighted by Crippen LogP contribution is 2.38. The number of rotatable bonds is 7. The molecule has 0 atom stereocenters. The van der Waals surface area contributed by atoms with E-state index in [1.54, 1.807) is 12.1 Å². The van der Waals surface area contributed by atoms with Gasteiger partial charge in [0.15, 0.2) is 0 Å². The van der Waals surface area contributed by atoms with E-state index >= 15 is 0 Å². The van der Waals surface area contributed by atoms with Gasteiger partial charge in [0.1, 0.15) is 5.75 Å². The van der Waals surface area contributed by atoms with E-state index in [1.807, 2.05) is 36.4 Å². The molecule has 2 aromatic carbocycles. The van der Waals surface area contributed by atoms with Crippen molar-refractivity contribution in [2.45, 2.75) is 38.0 Å². The van der Waals surface area contributed by atoms with Gasteiger partial charge in [0.25, 0.3) is 5.91 Å². The van der Waals surface area contributed by atoms with Gasteiger partial charge in [-0.3, -0.25) is 4.79 Å². The van der Waals surface area contributed by atoms with E-state index in [-0.39, 0.29) is 23.5 Å². The Labute approximate surface area is 208 Å². The average Bonchev–Trinajstić information content (AvgIpc) is 3.67. The fourth-order valence-corrected chi connectivity index (χ4v) is 4.58. The maximum absolute atomic E-state index is 13.1. The van der Waals surface area contributed by atoms with Crippen LogP contribution in [0.25, 0.3) is 11.3 Å². The van der Waals surface area contributed by atoms with Crippen molar-refractivity contribution in [1.29, 1.82) is 0 Å². The Hall–Kier alpha value is -4.40. The molecule has 1 saturated carbocycles. The van der Waals surface area contributed by atoms with Crippen molar-refractivity contribution in [3.05, 3.63) is 83.9 Å². The molecule has 1 aliphatic rings. The quantitative estimate of drug-likeness (QED) is 0.318. The molecular weight excluding hydrogens is 458 g/mol. The summed E-state index contributed by atoms with van der Waals surface area (Å²) in [7, 11) is 0. The molecule has 0 radical (unpaired) electrons. The second kappa shape index (κ2) is 10.5. The summed E-state index contributed by atoms with van der Waals surface area (Å²) in [5, 5.41) is 24.4. The summed E-state index contributed by atoms with van der Waals surface area (Å²) < 4.78 is 6.32. The maximum Gasteiger partial charge on any atom is 0.342 e. The maximum atomic E-state index is 13.1. The molecule has 2 amide bonds. The van der Waals surface area contributed by atoms with E-state index in [0.717, 1.165) is 36.9 Å². The number of carbonyl (C=O) groups excluding carboxylic acids is 2. The molecule has 2 aromatic heterocycles. The molecule has 2 heterocycles. The third kappa shape index (κ3) is 5.14. The van der Waals surface area contributed by atoms with Crippen molar-refractivity contribution in [2.24, 2.45) is 0 Å². The van der Waals surface area contributed by atoms with Gasteiger partial charge in [0.05, 0.1) is 17.6 Å². The van der Waals surface area contributed by atoms with Crippen molar-refractivity contribution in [3.63, 3.8) is 0 Å². The molecule has 4 aromatic rings. The summed E-state index contributed by atoms with van der Waals surface area (Å²) in [6.45, 7) is 0.483. The third-order valence-corrected chi connectivity index (χ3v) is 6.43. The second-order valence-corrected chi connectivity index (χ2v) is 8.88. The van der Waals surface area contributed by atoms with Crippen molar-refractivity contribution in [1.82, 2.24) is 20.3 Å². The van der Waals surface area contributed by atoms with Crippen molar-refractivity contribution in [3.8, 4) is 17.0 Å². The molecule has 0 aliphatic heterocycles. The first kappa shape index (κ1) is 23.3. The van der Waals surface area contributed by atoms with E-state index in [0.29, 0.717) is 29.9 Å². The summed E-state index contributed by atoms with van der Waals surface area (Å²) in [4.78, 5) is 25.5. The van der Waals surface area contributed by atoms with E-state index in [4.69, 9.17) is 4.52 Å². The second-order valence-electron chi connectivity index (χ2n) is 8.88. The smallest absolute Gasteiger partial charge is 0.342 e. The Morgan fingerprint density at radius 2 is 1.86 bits per heavy atom. The third-order valence-electron chi connectivity index (χ3n) is 6.43. The molecule has 1 fully saturated rings. The Balaban J connectivity index is 1.39. The zero-order valence-corrected chi connectivity index (χ0v) is 19.7. The lowest BCUT2D eigenvalue weighted by molar-refractivity contribution is 0.0988. The van der Waals surface area contributed by atoms with Crippen LogP contribution < -0.4 is 10.6 Å². The van der Waals surface area contributed by atoms with Gasteiger partial charge < -0.3 is 20.3 Å². The van der Waals surface area contributed by atoms with Crippen LogP contribution in [-0.4, -0.2) is 38.5 Å². The largest absolute Gasteiger partial charge is 0.507 e. The number of benzene rings is 2. The van der Waals surface area contributed by atoms with E-state index in [9.17, 15) is 14.7 Å². The summed E-state index contributed by atoms with van der Waals surface area (Å²) in [5.41, 5.74) is 3.30. The van der Waals surface area contributed by atoms with Gasteiger partial charge in [-0.25, -0.2) is 4.79 Å². The Morgan fingerprint density at radius 1 is 1.06 bits per heavy atom. The van der Waals surface area contributed by atoms with Crippen LogP contribution in [0.5, 0.6) is 5.75 Å². The number of hydrogen-bond acceptors (Lipinski definition) is 6. The first-order valence-corrected chi connectivity index (χ1v) is 12.1. The number of phenols is 1. The van der Waals surface area contributed by atoms with Crippen LogP contribution in [0.3, 0.4) is 0 Å². The zero-order chi connectivity index (χ0) is 24.9. The summed E-state index contributed by atoms with van der Waals surface area (Å²) >= 11 is 0. The van der Waals surface area contributed by atoms with E-state index in [2.05, 4.69) is 20.9 Å². The van der Waals surface area contributed by atoms with E-state index < -0.39 is 5.91 Å². The fraction of sp³-hybridized carbons (Fsp3) is 0.259. The summed E-state index contributed by atoms with van der Waals surface area (Å²) in [5.74, 6) is -0.161. The Bertz CT molecular complexity index is 1340. The molecule has 5 rings (SSSR count). The molecule has 3 N–H and O–H groups in total. The van der Waals surface area contributed by atoms with Gasteiger partial charge in [-0.15, -0.1) is 0 Å². The minimum absolute atomic E-state index is 0.000211. The number of aromatic hydroxyl groups is 1. The van der Waals surface area contributed by atoms with Crippen LogP contribution in [-0.2, 0) is 6.42 Å². The highest BCUT2D eigenvalue weighted by Gasteiger charge is 2.26. The van der Waals surface area contributed by atoms with Gasteiger partial charge in [-0.05, 0) is 49.1 Å². The summed E-state index contributed by atoms with van der Waals surface area (Å²) in [6, 6.07) is 17.7. The van der Waals surface area contributed by atoms with Gasteiger partial charge in [0.2, 0.25) is 5.76 Å². The molecule has 0 saturated heterocycles. The molecule has 0 bridgehead atoms. The summed E-state index contributed by atoms with van der Waals surface area (Å²) in [6.07, 6.45) is 6.29. The first-order chi connectivity index (χ1) is 17.6. The lowest BCUT2D eigenvalue weighted by Gasteiger charge is -2.12.